The van der Waals surface area contributed by atoms with Gasteiger partial charge in [-0.25, -0.2) is 19.2 Å². The minimum absolute atomic E-state index is 0.558. The maximum atomic E-state index is 10.3. The Kier molecular flexibility index (Phi) is 14.4. The first-order valence-corrected chi connectivity index (χ1v) is 6.49. The lowest BCUT2D eigenvalue weighted by Crippen LogP contribution is -2.42. The van der Waals surface area contributed by atoms with Gasteiger partial charge in [0.05, 0.1) is 12.8 Å². The van der Waals surface area contributed by atoms with Gasteiger partial charge in [-0.2, -0.15) is 0 Å². The largest absolute Gasteiger partial charge is 0.481 e. The van der Waals surface area contributed by atoms with Crippen molar-refractivity contribution in [3.05, 3.63) is 12.2 Å². The molecule has 0 aromatic carbocycles. The monoisotopic (exact) mass is 398 g/mol. The van der Waals surface area contributed by atoms with E-state index >= 15 is 0 Å². The Balaban J connectivity index is -0.000000351. The Labute approximate surface area is 150 Å². The quantitative estimate of drug-likeness (QED) is 0.204. The van der Waals surface area contributed by atoms with E-state index in [-0.39, 0.29) is 0 Å². The van der Waals surface area contributed by atoms with Gasteiger partial charge in [0.1, 0.15) is 6.10 Å². The number of carboxylic acid groups (broad SMARTS) is 6. The zero-order chi connectivity index (χ0) is 22.4. The van der Waals surface area contributed by atoms with Crippen molar-refractivity contribution in [3.8, 4) is 0 Å². The maximum Gasteiger partial charge on any atom is 0.336 e. The van der Waals surface area contributed by atoms with Crippen molar-refractivity contribution in [2.45, 2.75) is 31.5 Å². The highest BCUT2D eigenvalue weighted by atomic mass is 16.4. The molecule has 0 aromatic heterocycles. The summed E-state index contributed by atoms with van der Waals surface area (Å²) in [5, 5.41) is 65.2. The number of aliphatic hydroxyl groups excluding tert-OH is 1. The summed E-state index contributed by atoms with van der Waals surface area (Å²) in [6.07, 6.45) is -2.40. The van der Waals surface area contributed by atoms with E-state index in [0.717, 1.165) is 0 Å². The summed E-state index contributed by atoms with van der Waals surface area (Å²) in [6.45, 7) is 1.20. The summed E-state index contributed by atoms with van der Waals surface area (Å²) < 4.78 is 0. The van der Waals surface area contributed by atoms with Crippen molar-refractivity contribution >= 4 is 35.8 Å². The summed E-state index contributed by atoms with van der Waals surface area (Å²) in [7, 11) is 0. The third kappa shape index (κ3) is 20.4. The topological polar surface area (TPSA) is 264 Å². The second kappa shape index (κ2) is 13.7. The van der Waals surface area contributed by atoms with Gasteiger partial charge in [-0.05, 0) is 6.92 Å². The summed E-state index contributed by atoms with van der Waals surface area (Å²) in [5.74, 6) is -8.72. The van der Waals surface area contributed by atoms with E-state index in [1.54, 1.807) is 0 Å². The molecular formula is C13H18O14. The van der Waals surface area contributed by atoms with E-state index < -0.39 is 60.4 Å². The Hall–Kier alpha value is -3.52. The first kappa shape index (κ1) is 28.3. The van der Waals surface area contributed by atoms with Crippen LogP contribution < -0.4 is 0 Å². The average molecular weight is 398 g/mol. The summed E-state index contributed by atoms with van der Waals surface area (Å²) in [6, 6.07) is 0. The Morgan fingerprint density at radius 3 is 1.15 bits per heavy atom. The highest BCUT2D eigenvalue weighted by Crippen LogP contribution is 2.15. The van der Waals surface area contributed by atoms with Crippen molar-refractivity contribution in [2.75, 3.05) is 0 Å². The van der Waals surface area contributed by atoms with Gasteiger partial charge in [-0.1, -0.05) is 0 Å². The van der Waals surface area contributed by atoms with Crippen molar-refractivity contribution in [2.24, 2.45) is 0 Å². The van der Waals surface area contributed by atoms with Crippen LogP contribution in [0.4, 0.5) is 0 Å². The third-order valence-corrected chi connectivity index (χ3v) is 2.01. The van der Waals surface area contributed by atoms with Crippen molar-refractivity contribution < 1.29 is 69.6 Å². The van der Waals surface area contributed by atoms with Crippen LogP contribution in [0, 0.1) is 0 Å². The molecule has 0 spiro atoms. The molecule has 0 fully saturated rings. The molecule has 14 nitrogen and oxygen atoms in total. The molecule has 14 heteroatoms. The van der Waals surface area contributed by atoms with Gasteiger partial charge < -0.3 is 40.9 Å². The molecule has 1 unspecified atom stereocenters. The number of carboxylic acids is 6. The average Bonchev–Trinajstić information content (AvgIpc) is 2.44. The molecule has 0 saturated carbocycles. The van der Waals surface area contributed by atoms with Crippen molar-refractivity contribution in [3.63, 3.8) is 0 Å². The fourth-order valence-electron chi connectivity index (χ4n) is 0.857. The fraction of sp³-hybridized carbons (Fsp3) is 0.385. The molecule has 0 bridgehead atoms. The van der Waals surface area contributed by atoms with Crippen LogP contribution in [-0.2, 0) is 28.8 Å². The number of carbonyl (C=O) groups is 6. The van der Waals surface area contributed by atoms with Gasteiger partial charge in [0, 0.05) is 12.2 Å². The molecule has 0 aliphatic rings. The second-order valence-electron chi connectivity index (χ2n) is 4.50. The van der Waals surface area contributed by atoms with Crippen LogP contribution in [0.25, 0.3) is 0 Å². The van der Waals surface area contributed by atoms with E-state index in [2.05, 4.69) is 0 Å². The van der Waals surface area contributed by atoms with Crippen LogP contribution in [0.5, 0.6) is 0 Å². The molecule has 0 radical (unpaired) electrons. The number of rotatable bonds is 8. The van der Waals surface area contributed by atoms with Crippen LogP contribution in [0.3, 0.4) is 0 Å². The van der Waals surface area contributed by atoms with E-state index in [4.69, 9.17) is 40.9 Å². The zero-order valence-corrected chi connectivity index (χ0v) is 13.7. The molecule has 1 atom stereocenters. The molecule has 27 heavy (non-hydrogen) atoms. The van der Waals surface area contributed by atoms with Gasteiger partial charge in [-0.15, -0.1) is 0 Å². The van der Waals surface area contributed by atoms with Crippen LogP contribution in [0.2, 0.25) is 0 Å². The molecule has 0 heterocycles. The molecule has 0 amide bonds. The predicted octanol–water partition coefficient (Wildman–Crippen LogP) is -2.08. The first-order valence-electron chi connectivity index (χ1n) is 6.49. The lowest BCUT2D eigenvalue weighted by atomic mass is 9.96. The number of hydrogen-bond donors (Lipinski definition) is 8. The number of aliphatic hydroxyl groups is 2. The molecule has 0 rings (SSSR count). The van der Waals surface area contributed by atoms with Gasteiger partial charge in [0.15, 0.2) is 5.60 Å². The predicted molar refractivity (Wildman–Crippen MR) is 80.8 cm³/mol. The highest BCUT2D eigenvalue weighted by Gasteiger charge is 2.40. The highest BCUT2D eigenvalue weighted by molar-refractivity contribution is 5.89. The molecule has 154 valence electrons. The normalized spacial score (nSPS) is 11.1. The first-order chi connectivity index (χ1) is 12.0. The third-order valence-electron chi connectivity index (χ3n) is 2.01. The standard InChI is InChI=1S/C6H8O7.C4H4O4.C3H6O3/c7-3(8)1-6(13,5(11)12)2-4(9)10;5-3(6)1-2-4(7)8;1-2(4)3(5)6/h13H,1-2H2,(H,7,8)(H,9,10)(H,11,12);1-2H,(H,5,6)(H,7,8);2,4H,1H3,(H,5,6)/b;2-1+;. The second-order valence-corrected chi connectivity index (χ2v) is 4.50. The van der Waals surface area contributed by atoms with Gasteiger partial charge in [0.2, 0.25) is 0 Å². The van der Waals surface area contributed by atoms with Gasteiger partial charge >= 0.3 is 35.8 Å². The number of hydrogen-bond acceptors (Lipinski definition) is 8. The van der Waals surface area contributed by atoms with E-state index in [0.29, 0.717) is 12.2 Å². The minimum Gasteiger partial charge on any atom is -0.481 e. The van der Waals surface area contributed by atoms with E-state index in [1.165, 1.54) is 6.92 Å². The van der Waals surface area contributed by atoms with Crippen LogP contribution >= 0.6 is 0 Å². The van der Waals surface area contributed by atoms with E-state index in [9.17, 15) is 28.8 Å². The summed E-state index contributed by atoms with van der Waals surface area (Å²) in [4.78, 5) is 59.0. The Morgan fingerprint density at radius 1 is 0.778 bits per heavy atom. The fourth-order valence-corrected chi connectivity index (χ4v) is 0.857. The lowest BCUT2D eigenvalue weighted by Gasteiger charge is -2.18. The molecule has 0 aliphatic heterocycles. The van der Waals surface area contributed by atoms with Crippen LogP contribution in [-0.4, -0.2) is 88.4 Å². The summed E-state index contributed by atoms with van der Waals surface area (Å²) in [5.41, 5.74) is -2.74. The Bertz CT molecular complexity index is 556. The van der Waals surface area contributed by atoms with Crippen LogP contribution in [0.15, 0.2) is 12.2 Å². The van der Waals surface area contributed by atoms with Crippen LogP contribution in [0.1, 0.15) is 19.8 Å². The molecule has 0 aliphatic carbocycles. The minimum atomic E-state index is -2.74. The van der Waals surface area contributed by atoms with Gasteiger partial charge in [0.25, 0.3) is 0 Å². The van der Waals surface area contributed by atoms with E-state index in [1.807, 2.05) is 0 Å². The zero-order valence-electron chi connectivity index (χ0n) is 13.7. The van der Waals surface area contributed by atoms with Crippen molar-refractivity contribution in [1.29, 1.82) is 0 Å². The summed E-state index contributed by atoms with van der Waals surface area (Å²) >= 11 is 0. The molecule has 0 aromatic rings. The maximum absolute atomic E-state index is 10.3. The number of aliphatic carboxylic acids is 6. The van der Waals surface area contributed by atoms with Crippen molar-refractivity contribution in [1.82, 2.24) is 0 Å². The molecule has 0 saturated heterocycles. The van der Waals surface area contributed by atoms with Gasteiger partial charge in [-0.3, -0.25) is 9.59 Å². The molecular weight excluding hydrogens is 380 g/mol. The Morgan fingerprint density at radius 2 is 1.04 bits per heavy atom. The lowest BCUT2D eigenvalue weighted by molar-refractivity contribution is -0.170. The molecule has 8 N–H and O–H groups in total. The SMILES string of the molecule is CC(O)C(=O)O.O=C(O)/C=C/C(=O)O.O=C(O)CC(O)(CC(=O)O)C(=O)O. The smallest absolute Gasteiger partial charge is 0.336 e.